The summed E-state index contributed by atoms with van der Waals surface area (Å²) in [6, 6.07) is 0. The molecule has 2 rings (SSSR count). The van der Waals surface area contributed by atoms with Crippen LogP contribution in [0.1, 0.15) is 0 Å². The van der Waals surface area contributed by atoms with E-state index in [9.17, 15) is 9.59 Å². The van der Waals surface area contributed by atoms with Crippen LogP contribution in [0.15, 0.2) is 48.6 Å². The van der Waals surface area contributed by atoms with Gasteiger partial charge in [-0.2, -0.15) is 0 Å². The second kappa shape index (κ2) is 6.35. The van der Waals surface area contributed by atoms with Crippen molar-refractivity contribution in [2.24, 2.45) is 0 Å². The molecule has 0 saturated heterocycles. The average Bonchev–Trinajstić information content (AvgIpc) is 2.63. The fourth-order valence-electron chi connectivity index (χ4n) is 0.713. The largest absolute Gasteiger partial charge is 3.00 e. The molecule has 0 atom stereocenters. The van der Waals surface area contributed by atoms with Gasteiger partial charge in [0.2, 0.25) is 0 Å². The Bertz CT molecular complexity index is 249. The molecule has 2 nitrogen and oxygen atoms in total. The van der Waals surface area contributed by atoms with Crippen molar-refractivity contribution in [3.8, 4) is 0 Å². The third-order valence-electron chi connectivity index (χ3n) is 1.26. The van der Waals surface area contributed by atoms with Crippen molar-refractivity contribution < 1.29 is 26.7 Å². The predicted octanol–water partition coefficient (Wildman–Crippen LogP) is 1.36. The van der Waals surface area contributed by atoms with Crippen molar-refractivity contribution in [2.75, 3.05) is 0 Å². The van der Waals surface area contributed by atoms with Gasteiger partial charge in [-0.1, -0.05) is 24.3 Å². The van der Waals surface area contributed by atoms with E-state index in [4.69, 9.17) is 0 Å². The van der Waals surface area contributed by atoms with E-state index in [1.165, 1.54) is 24.3 Å². The van der Waals surface area contributed by atoms with Crippen LogP contribution in [0.3, 0.4) is 0 Å². The first-order valence-electron chi connectivity index (χ1n) is 3.56. The summed E-state index contributed by atoms with van der Waals surface area (Å²) in [7, 11) is 0. The van der Waals surface area contributed by atoms with Crippen LogP contribution in [-0.2, 0) is 26.7 Å². The zero-order valence-electron chi connectivity index (χ0n) is 6.81. The normalized spacial score (nSPS) is 15.7. The predicted molar refractivity (Wildman–Crippen MR) is 46.6 cm³/mol. The number of rotatable bonds is 0. The Morgan fingerprint density at radius 1 is 0.615 bits per heavy atom. The Morgan fingerprint density at radius 3 is 0.923 bits per heavy atom. The maximum Gasteiger partial charge on any atom is 3.00 e. The van der Waals surface area contributed by atoms with Gasteiger partial charge < -0.3 is 0 Å². The van der Waals surface area contributed by atoms with Gasteiger partial charge >= 0.3 is 17.1 Å². The molecule has 0 saturated carbocycles. The summed E-state index contributed by atoms with van der Waals surface area (Å²) < 4.78 is 0. The minimum atomic E-state index is 0. The van der Waals surface area contributed by atoms with Crippen LogP contribution in [0.25, 0.3) is 0 Å². The number of allylic oxidation sites excluding steroid dienone is 8. The summed E-state index contributed by atoms with van der Waals surface area (Å²) in [6.07, 6.45) is 13.0. The molecule has 0 aliphatic heterocycles. The number of carbonyl (C=O) groups is 2. The Hall–Kier alpha value is -1.18. The fourth-order valence-corrected chi connectivity index (χ4v) is 0.713. The minimum absolute atomic E-state index is 0. The van der Waals surface area contributed by atoms with Crippen LogP contribution < -0.4 is 0 Å². The van der Waals surface area contributed by atoms with Gasteiger partial charge in [-0.25, -0.2) is 0 Å². The number of ketones is 2. The molecule has 0 bridgehead atoms. The molecular weight excluding hydrogens is 207 g/mol. The van der Waals surface area contributed by atoms with Crippen LogP contribution in [-0.4, -0.2) is 11.6 Å². The Morgan fingerprint density at radius 2 is 0.846 bits per heavy atom. The fraction of sp³-hybridized carbons (Fsp3) is 0. The zero-order valence-corrected chi connectivity index (χ0v) is 7.99. The van der Waals surface area contributed by atoms with E-state index in [2.05, 4.69) is 0 Å². The van der Waals surface area contributed by atoms with Crippen LogP contribution in [0.2, 0.25) is 0 Å². The van der Waals surface area contributed by atoms with Gasteiger partial charge in [0, 0.05) is 0 Å². The SMILES string of the molecule is O=C1C=CC=C1.O=C1C=CC=C1.[Mn+3]. The molecule has 0 spiro atoms. The van der Waals surface area contributed by atoms with Gasteiger partial charge in [-0.05, 0) is 24.3 Å². The number of carbonyl (C=O) groups excluding carboxylic acids is 2. The number of hydrogen-bond donors (Lipinski definition) is 0. The third-order valence-corrected chi connectivity index (χ3v) is 1.26. The maximum atomic E-state index is 10.1. The first kappa shape index (κ1) is 11.8. The van der Waals surface area contributed by atoms with Crippen LogP contribution in [0.4, 0.5) is 0 Å². The Labute approximate surface area is 87.2 Å². The molecule has 64 valence electrons. The van der Waals surface area contributed by atoms with Crippen molar-refractivity contribution >= 4 is 11.6 Å². The molecule has 0 radical (unpaired) electrons. The van der Waals surface area contributed by atoms with Crippen LogP contribution >= 0.6 is 0 Å². The molecule has 0 aromatic carbocycles. The van der Waals surface area contributed by atoms with E-state index >= 15 is 0 Å². The molecule has 0 N–H and O–H groups in total. The number of hydrogen-bond acceptors (Lipinski definition) is 2. The van der Waals surface area contributed by atoms with Crippen LogP contribution in [0.5, 0.6) is 0 Å². The Balaban J connectivity index is 0.000000206. The van der Waals surface area contributed by atoms with E-state index in [-0.39, 0.29) is 28.6 Å². The molecule has 2 aliphatic carbocycles. The third kappa shape index (κ3) is 5.12. The van der Waals surface area contributed by atoms with Crippen molar-refractivity contribution in [2.45, 2.75) is 0 Å². The molecule has 0 fully saturated rings. The molecule has 0 heterocycles. The second-order valence-electron chi connectivity index (χ2n) is 2.24. The first-order valence-corrected chi connectivity index (χ1v) is 3.56. The maximum absolute atomic E-state index is 10.1. The summed E-state index contributed by atoms with van der Waals surface area (Å²) in [5.41, 5.74) is 0. The van der Waals surface area contributed by atoms with E-state index < -0.39 is 0 Å². The second-order valence-corrected chi connectivity index (χ2v) is 2.24. The molecule has 13 heavy (non-hydrogen) atoms. The van der Waals surface area contributed by atoms with E-state index in [0.29, 0.717) is 0 Å². The first-order chi connectivity index (χ1) is 5.79. The molecular formula is C10H8MnO2+3. The zero-order chi connectivity index (χ0) is 8.81. The van der Waals surface area contributed by atoms with E-state index in [1.54, 1.807) is 24.3 Å². The summed E-state index contributed by atoms with van der Waals surface area (Å²) in [6.45, 7) is 0. The average molecular weight is 215 g/mol. The van der Waals surface area contributed by atoms with Gasteiger partial charge in [0.25, 0.3) is 0 Å². The summed E-state index contributed by atoms with van der Waals surface area (Å²) in [4.78, 5) is 20.1. The summed E-state index contributed by atoms with van der Waals surface area (Å²) in [5.74, 6) is 0.185. The smallest absolute Gasteiger partial charge is 0.290 e. The van der Waals surface area contributed by atoms with Crippen molar-refractivity contribution in [3.05, 3.63) is 48.6 Å². The molecule has 0 aromatic rings. The topological polar surface area (TPSA) is 34.1 Å². The molecule has 3 heteroatoms. The van der Waals surface area contributed by atoms with Crippen molar-refractivity contribution in [1.29, 1.82) is 0 Å². The van der Waals surface area contributed by atoms with Gasteiger partial charge in [-0.15, -0.1) is 0 Å². The van der Waals surface area contributed by atoms with Gasteiger partial charge in [0.1, 0.15) is 0 Å². The standard InChI is InChI=1S/2C5H4O.Mn/c2*6-5-3-1-2-4-5;/h2*1-4H;/q;;+3. The summed E-state index contributed by atoms with van der Waals surface area (Å²) >= 11 is 0. The van der Waals surface area contributed by atoms with E-state index in [1.807, 2.05) is 0 Å². The van der Waals surface area contributed by atoms with Gasteiger partial charge in [-0.3, -0.25) is 9.59 Å². The van der Waals surface area contributed by atoms with Gasteiger partial charge in [0.05, 0.1) is 0 Å². The molecule has 2 aliphatic rings. The van der Waals surface area contributed by atoms with E-state index in [0.717, 1.165) is 0 Å². The molecule has 0 amide bonds. The molecule has 0 aromatic heterocycles. The van der Waals surface area contributed by atoms with Crippen molar-refractivity contribution in [1.82, 2.24) is 0 Å². The quantitative estimate of drug-likeness (QED) is 0.572. The monoisotopic (exact) mass is 215 g/mol. The Kier molecular flexibility index (Phi) is 5.77. The minimum Gasteiger partial charge on any atom is -0.290 e. The molecule has 0 unspecified atom stereocenters. The van der Waals surface area contributed by atoms with Crippen molar-refractivity contribution in [3.63, 3.8) is 0 Å². The van der Waals surface area contributed by atoms with Gasteiger partial charge in [0.15, 0.2) is 11.6 Å². The summed E-state index contributed by atoms with van der Waals surface area (Å²) in [5, 5.41) is 0. The van der Waals surface area contributed by atoms with Crippen LogP contribution in [0, 0.1) is 0 Å².